The predicted molar refractivity (Wildman–Crippen MR) is 128 cm³/mol. The number of fused-ring (bicyclic) bond motifs is 1. The largest absolute Gasteiger partial charge is 0.454 e. The number of nitrogens with zero attached hydrogens (tertiary/aromatic N) is 2. The number of para-hydroxylation sites is 2. The van der Waals surface area contributed by atoms with Crippen molar-refractivity contribution in [1.82, 2.24) is 4.90 Å². The molecule has 5 rings (SSSR count). The van der Waals surface area contributed by atoms with Gasteiger partial charge in [-0.05, 0) is 54.2 Å². The highest BCUT2D eigenvalue weighted by Crippen LogP contribution is 2.34. The van der Waals surface area contributed by atoms with E-state index < -0.39 is 6.04 Å². The van der Waals surface area contributed by atoms with Crippen molar-refractivity contribution in [2.24, 2.45) is 0 Å². The van der Waals surface area contributed by atoms with E-state index in [1.807, 2.05) is 66.7 Å². The molecule has 7 nitrogen and oxygen atoms in total. The molecule has 0 aliphatic carbocycles. The molecule has 1 fully saturated rings. The van der Waals surface area contributed by atoms with Crippen LogP contribution in [0.2, 0.25) is 0 Å². The number of rotatable bonds is 6. The minimum absolute atomic E-state index is 0.0260. The highest BCUT2D eigenvalue weighted by molar-refractivity contribution is 7.80. The van der Waals surface area contributed by atoms with E-state index in [-0.39, 0.29) is 25.0 Å². The molecule has 0 bridgehead atoms. The third-order valence-corrected chi connectivity index (χ3v) is 5.98. The van der Waals surface area contributed by atoms with Gasteiger partial charge in [0, 0.05) is 12.2 Å². The molecule has 1 atom stereocenters. The fourth-order valence-corrected chi connectivity index (χ4v) is 4.36. The van der Waals surface area contributed by atoms with Gasteiger partial charge in [-0.15, -0.1) is 0 Å². The van der Waals surface area contributed by atoms with E-state index in [4.69, 9.17) is 21.7 Å². The van der Waals surface area contributed by atoms with Gasteiger partial charge in [0.2, 0.25) is 12.7 Å². The summed E-state index contributed by atoms with van der Waals surface area (Å²) in [4.78, 5) is 29.6. The summed E-state index contributed by atoms with van der Waals surface area (Å²) < 4.78 is 10.9. The van der Waals surface area contributed by atoms with Crippen molar-refractivity contribution in [2.75, 3.05) is 17.0 Å². The Morgan fingerprint density at radius 1 is 0.970 bits per heavy atom. The van der Waals surface area contributed by atoms with Crippen molar-refractivity contribution in [3.63, 3.8) is 0 Å². The zero-order valence-electron chi connectivity index (χ0n) is 17.6. The van der Waals surface area contributed by atoms with Crippen LogP contribution in [-0.4, -0.2) is 34.7 Å². The SMILES string of the molecule is O=C(C[C@@H]1C(=O)N(c2ccccc2)C(=S)N1Cc1ccc2c(c1)OCO2)Nc1ccccc1. The molecule has 0 aromatic heterocycles. The molecule has 2 heterocycles. The third kappa shape index (κ3) is 4.25. The molecule has 1 saturated heterocycles. The number of anilines is 2. The Morgan fingerprint density at radius 2 is 1.67 bits per heavy atom. The Hall–Kier alpha value is -3.91. The molecule has 33 heavy (non-hydrogen) atoms. The molecule has 2 aliphatic heterocycles. The zero-order valence-corrected chi connectivity index (χ0v) is 18.5. The molecule has 2 amide bonds. The lowest BCUT2D eigenvalue weighted by Gasteiger charge is -2.24. The quantitative estimate of drug-likeness (QED) is 0.563. The van der Waals surface area contributed by atoms with E-state index in [0.29, 0.717) is 34.5 Å². The summed E-state index contributed by atoms with van der Waals surface area (Å²) in [5, 5.41) is 3.22. The molecule has 166 valence electrons. The molecule has 0 spiro atoms. The van der Waals surface area contributed by atoms with Crippen molar-refractivity contribution < 1.29 is 19.1 Å². The first kappa shape index (κ1) is 21.0. The molecular weight excluding hydrogens is 438 g/mol. The van der Waals surface area contributed by atoms with E-state index >= 15 is 0 Å². The van der Waals surface area contributed by atoms with E-state index in [2.05, 4.69) is 5.32 Å². The third-order valence-electron chi connectivity index (χ3n) is 5.56. The van der Waals surface area contributed by atoms with Gasteiger partial charge in [0.05, 0.1) is 12.1 Å². The maximum Gasteiger partial charge on any atom is 0.256 e. The molecule has 0 radical (unpaired) electrons. The lowest BCUT2D eigenvalue weighted by molar-refractivity contribution is -0.124. The lowest BCUT2D eigenvalue weighted by atomic mass is 10.1. The predicted octanol–water partition coefficient (Wildman–Crippen LogP) is 3.95. The second-order valence-electron chi connectivity index (χ2n) is 7.74. The van der Waals surface area contributed by atoms with Gasteiger partial charge in [-0.3, -0.25) is 14.5 Å². The van der Waals surface area contributed by atoms with Crippen molar-refractivity contribution in [1.29, 1.82) is 0 Å². The van der Waals surface area contributed by atoms with Gasteiger partial charge < -0.3 is 19.7 Å². The Bertz CT molecular complexity index is 1200. The summed E-state index contributed by atoms with van der Waals surface area (Å²) in [5.41, 5.74) is 2.25. The fourth-order valence-electron chi connectivity index (χ4n) is 3.97. The summed E-state index contributed by atoms with van der Waals surface area (Å²) in [6, 6.07) is 23.3. The van der Waals surface area contributed by atoms with Crippen LogP contribution in [0.4, 0.5) is 11.4 Å². The highest BCUT2D eigenvalue weighted by atomic mass is 32.1. The number of nitrogens with one attached hydrogen (secondary N) is 1. The summed E-state index contributed by atoms with van der Waals surface area (Å²) in [7, 11) is 0. The maximum absolute atomic E-state index is 13.5. The van der Waals surface area contributed by atoms with E-state index in [1.54, 1.807) is 17.0 Å². The first-order chi connectivity index (χ1) is 16.1. The Labute approximate surface area is 196 Å². The first-order valence-corrected chi connectivity index (χ1v) is 10.9. The van der Waals surface area contributed by atoms with Gasteiger partial charge in [-0.1, -0.05) is 42.5 Å². The Morgan fingerprint density at radius 3 is 2.42 bits per heavy atom. The number of thiocarbonyl (C=S) groups is 1. The van der Waals surface area contributed by atoms with Crippen LogP contribution in [0.5, 0.6) is 11.5 Å². The number of hydrogen-bond acceptors (Lipinski definition) is 5. The Kier molecular flexibility index (Phi) is 5.66. The topological polar surface area (TPSA) is 71.1 Å². The minimum atomic E-state index is -0.730. The number of carbonyl (C=O) groups excluding carboxylic acids is 2. The number of hydrogen-bond donors (Lipinski definition) is 1. The number of carbonyl (C=O) groups is 2. The molecule has 3 aromatic carbocycles. The summed E-state index contributed by atoms with van der Waals surface area (Å²) >= 11 is 5.72. The average molecular weight is 460 g/mol. The van der Waals surface area contributed by atoms with Crippen LogP contribution in [0.15, 0.2) is 78.9 Å². The zero-order chi connectivity index (χ0) is 22.8. The van der Waals surface area contributed by atoms with Crippen molar-refractivity contribution in [3.8, 4) is 11.5 Å². The summed E-state index contributed by atoms with van der Waals surface area (Å²) in [6.45, 7) is 0.539. The summed E-state index contributed by atoms with van der Waals surface area (Å²) in [6.07, 6.45) is -0.0260. The normalized spacial score (nSPS) is 16.9. The van der Waals surface area contributed by atoms with E-state index in [0.717, 1.165) is 5.56 Å². The monoisotopic (exact) mass is 459 g/mol. The van der Waals surface area contributed by atoms with Gasteiger partial charge >= 0.3 is 0 Å². The van der Waals surface area contributed by atoms with Crippen molar-refractivity contribution in [3.05, 3.63) is 84.4 Å². The molecule has 0 saturated carbocycles. The van der Waals surface area contributed by atoms with Crippen LogP contribution in [0.3, 0.4) is 0 Å². The molecular formula is C25H21N3O4S. The van der Waals surface area contributed by atoms with E-state index in [9.17, 15) is 9.59 Å². The smallest absolute Gasteiger partial charge is 0.256 e. The van der Waals surface area contributed by atoms with Gasteiger partial charge in [-0.2, -0.15) is 0 Å². The van der Waals surface area contributed by atoms with Crippen molar-refractivity contribution >= 4 is 40.5 Å². The number of ether oxygens (including phenoxy) is 2. The standard InChI is InChI=1S/C25H21N3O4S/c29-23(26-18-7-3-1-4-8-18)14-20-24(30)28(19-9-5-2-6-10-19)25(33)27(20)15-17-11-12-21-22(13-17)32-16-31-21/h1-13,20H,14-16H2,(H,26,29)/t20-/m1/s1. The van der Waals surface area contributed by atoms with Crippen LogP contribution in [0, 0.1) is 0 Å². The second kappa shape index (κ2) is 8.91. The molecule has 3 aromatic rings. The average Bonchev–Trinajstić information content (AvgIpc) is 3.38. The van der Waals surface area contributed by atoms with Gasteiger partial charge in [0.25, 0.3) is 5.91 Å². The second-order valence-corrected chi connectivity index (χ2v) is 8.11. The van der Waals surface area contributed by atoms with Crippen LogP contribution < -0.4 is 19.7 Å². The summed E-state index contributed by atoms with van der Waals surface area (Å²) in [5.74, 6) is 0.855. The highest BCUT2D eigenvalue weighted by Gasteiger charge is 2.44. The Balaban J connectivity index is 1.42. The van der Waals surface area contributed by atoms with Crippen LogP contribution in [0.25, 0.3) is 0 Å². The minimum Gasteiger partial charge on any atom is -0.454 e. The maximum atomic E-state index is 13.5. The lowest BCUT2D eigenvalue weighted by Crippen LogP contribution is -2.37. The van der Waals surface area contributed by atoms with Crippen LogP contribution >= 0.6 is 12.2 Å². The van der Waals surface area contributed by atoms with E-state index in [1.165, 1.54) is 4.90 Å². The molecule has 8 heteroatoms. The number of benzene rings is 3. The molecule has 1 N–H and O–H groups in total. The van der Waals surface area contributed by atoms with Crippen LogP contribution in [-0.2, 0) is 16.1 Å². The van der Waals surface area contributed by atoms with Gasteiger partial charge in [-0.25, -0.2) is 0 Å². The fraction of sp³-hybridized carbons (Fsp3) is 0.160. The van der Waals surface area contributed by atoms with Gasteiger partial charge in [0.15, 0.2) is 16.6 Å². The van der Waals surface area contributed by atoms with Crippen LogP contribution in [0.1, 0.15) is 12.0 Å². The molecule has 2 aliphatic rings. The number of amides is 2. The van der Waals surface area contributed by atoms with Gasteiger partial charge in [0.1, 0.15) is 6.04 Å². The van der Waals surface area contributed by atoms with Crippen molar-refractivity contribution in [2.45, 2.75) is 19.0 Å². The first-order valence-electron chi connectivity index (χ1n) is 10.5. The molecule has 0 unspecified atom stereocenters.